The molecule has 2 aromatic carbocycles. The van der Waals surface area contributed by atoms with Crippen molar-refractivity contribution in [3.05, 3.63) is 47.5 Å². The van der Waals surface area contributed by atoms with Crippen LogP contribution < -0.4 is 14.8 Å². The van der Waals surface area contributed by atoms with Crippen molar-refractivity contribution in [2.75, 3.05) is 14.2 Å². The van der Waals surface area contributed by atoms with E-state index in [4.69, 9.17) is 14.2 Å². The number of hydrogen-bond donors (Lipinski definition) is 2. The van der Waals surface area contributed by atoms with Crippen molar-refractivity contribution in [3.8, 4) is 22.6 Å². The Bertz CT molecular complexity index is 890. The first kappa shape index (κ1) is 24.1. The van der Waals surface area contributed by atoms with Gasteiger partial charge in [0, 0.05) is 6.42 Å². The Kier molecular flexibility index (Phi) is 7.91. The highest BCUT2D eigenvalue weighted by Crippen LogP contribution is 2.39. The normalized spacial score (nSPS) is 12.1. The molecule has 0 aliphatic carbocycles. The van der Waals surface area contributed by atoms with Gasteiger partial charge in [-0.1, -0.05) is 31.2 Å². The molecule has 0 saturated heterocycles. The maximum absolute atomic E-state index is 12.0. The highest BCUT2D eigenvalue weighted by Gasteiger charge is 2.24. The summed E-state index contributed by atoms with van der Waals surface area (Å²) in [4.78, 5) is 23.6. The molecule has 2 N–H and O–H groups in total. The molecule has 0 spiro atoms. The monoisotopic (exact) mass is 429 g/mol. The third-order valence-corrected chi connectivity index (χ3v) is 4.65. The van der Waals surface area contributed by atoms with Crippen molar-refractivity contribution >= 4 is 12.1 Å². The van der Waals surface area contributed by atoms with Gasteiger partial charge in [0.05, 0.1) is 19.8 Å². The fourth-order valence-electron chi connectivity index (χ4n) is 3.15. The van der Waals surface area contributed by atoms with Gasteiger partial charge in [0.25, 0.3) is 0 Å². The Labute approximate surface area is 183 Å². The predicted molar refractivity (Wildman–Crippen MR) is 119 cm³/mol. The molecule has 0 radical (unpaired) electrons. The minimum absolute atomic E-state index is 0.123. The molecule has 0 unspecified atom stereocenters. The number of rotatable bonds is 8. The van der Waals surface area contributed by atoms with Crippen LogP contribution >= 0.6 is 0 Å². The number of hydrogen-bond acceptors (Lipinski definition) is 5. The fraction of sp³-hybridized carbons (Fsp3) is 0.417. The number of aryl methyl sites for hydroxylation is 1. The summed E-state index contributed by atoms with van der Waals surface area (Å²) in [5.41, 5.74) is 2.87. The smallest absolute Gasteiger partial charge is 0.408 e. The lowest BCUT2D eigenvalue weighted by Gasteiger charge is -2.22. The third-order valence-electron chi connectivity index (χ3n) is 4.65. The molecule has 1 amide bonds. The lowest BCUT2D eigenvalue weighted by molar-refractivity contribution is -0.139. The molecular weight excluding hydrogens is 398 g/mol. The number of benzene rings is 2. The minimum Gasteiger partial charge on any atom is -0.496 e. The van der Waals surface area contributed by atoms with Gasteiger partial charge in [-0.2, -0.15) is 0 Å². The van der Waals surface area contributed by atoms with Crippen molar-refractivity contribution in [3.63, 3.8) is 0 Å². The quantitative estimate of drug-likeness (QED) is 0.644. The second-order valence-corrected chi connectivity index (χ2v) is 8.17. The first-order chi connectivity index (χ1) is 14.6. The second-order valence-electron chi connectivity index (χ2n) is 8.17. The maximum Gasteiger partial charge on any atom is 0.408 e. The molecule has 0 fully saturated rings. The Morgan fingerprint density at radius 1 is 1.00 bits per heavy atom. The standard InChI is InChI=1S/C24H31NO6/c1-7-15-13-19(29-5)21(20(14-15)30-6)17-10-8-16(9-11-17)12-18(22(26)27)25-23(28)31-24(2,3)4/h8-11,13-14,18H,7,12H2,1-6H3,(H,25,28)(H,26,27)/t18-/m0/s1. The van der Waals surface area contributed by atoms with Crippen LogP contribution in [0.15, 0.2) is 36.4 Å². The number of carboxylic acids is 1. The first-order valence-electron chi connectivity index (χ1n) is 10.1. The van der Waals surface area contributed by atoms with Gasteiger partial charge < -0.3 is 24.6 Å². The van der Waals surface area contributed by atoms with E-state index in [9.17, 15) is 14.7 Å². The van der Waals surface area contributed by atoms with Gasteiger partial charge in [-0.15, -0.1) is 0 Å². The number of carbonyl (C=O) groups excluding carboxylic acids is 1. The van der Waals surface area contributed by atoms with E-state index in [1.807, 2.05) is 36.4 Å². The summed E-state index contributed by atoms with van der Waals surface area (Å²) in [6.07, 6.45) is 0.215. The van der Waals surface area contributed by atoms with Crippen LogP contribution in [0.2, 0.25) is 0 Å². The highest BCUT2D eigenvalue weighted by molar-refractivity contribution is 5.81. The molecule has 7 nitrogen and oxygen atoms in total. The number of ether oxygens (including phenoxy) is 3. The number of amides is 1. The molecule has 0 aliphatic rings. The molecule has 168 valence electrons. The molecule has 0 bridgehead atoms. The van der Waals surface area contributed by atoms with Crippen LogP contribution in [0, 0.1) is 0 Å². The number of carbonyl (C=O) groups is 2. The first-order valence-corrected chi connectivity index (χ1v) is 10.1. The van der Waals surface area contributed by atoms with Crippen LogP contribution in [0.3, 0.4) is 0 Å². The van der Waals surface area contributed by atoms with Gasteiger partial charge in [0.1, 0.15) is 23.1 Å². The van der Waals surface area contributed by atoms with Gasteiger partial charge in [-0.25, -0.2) is 9.59 Å². The number of aliphatic carboxylic acids is 1. The molecule has 31 heavy (non-hydrogen) atoms. The zero-order chi connectivity index (χ0) is 23.2. The highest BCUT2D eigenvalue weighted by atomic mass is 16.6. The predicted octanol–water partition coefficient (Wildman–Crippen LogP) is 4.45. The Morgan fingerprint density at radius 2 is 1.55 bits per heavy atom. The Balaban J connectivity index is 2.25. The van der Waals surface area contributed by atoms with Gasteiger partial charge >= 0.3 is 12.1 Å². The van der Waals surface area contributed by atoms with Crippen LogP contribution in [-0.4, -0.2) is 43.0 Å². The average Bonchev–Trinajstić information content (AvgIpc) is 2.71. The topological polar surface area (TPSA) is 94.1 Å². The zero-order valence-electron chi connectivity index (χ0n) is 18.9. The maximum atomic E-state index is 12.0. The lowest BCUT2D eigenvalue weighted by Crippen LogP contribution is -2.44. The van der Waals surface area contributed by atoms with Crippen molar-refractivity contribution in [2.24, 2.45) is 0 Å². The van der Waals surface area contributed by atoms with E-state index >= 15 is 0 Å². The van der Waals surface area contributed by atoms with Gasteiger partial charge in [-0.3, -0.25) is 0 Å². The third kappa shape index (κ3) is 6.64. The van der Waals surface area contributed by atoms with Crippen LogP contribution in [0.5, 0.6) is 11.5 Å². The average molecular weight is 430 g/mol. The van der Waals surface area contributed by atoms with Crippen LogP contribution in [0.25, 0.3) is 11.1 Å². The summed E-state index contributed by atoms with van der Waals surface area (Å²) in [6.45, 7) is 7.22. The van der Waals surface area contributed by atoms with Crippen molar-refractivity contribution < 1.29 is 28.9 Å². The van der Waals surface area contributed by atoms with Crippen molar-refractivity contribution in [2.45, 2.75) is 52.2 Å². The van der Waals surface area contributed by atoms with Crippen LogP contribution in [0.4, 0.5) is 4.79 Å². The number of methoxy groups -OCH3 is 2. The molecule has 0 heterocycles. The van der Waals surface area contributed by atoms with Crippen LogP contribution in [0.1, 0.15) is 38.8 Å². The Morgan fingerprint density at radius 3 is 1.97 bits per heavy atom. The zero-order valence-corrected chi connectivity index (χ0v) is 18.9. The molecule has 0 aromatic heterocycles. The molecule has 7 heteroatoms. The van der Waals surface area contributed by atoms with Crippen molar-refractivity contribution in [1.29, 1.82) is 0 Å². The van der Waals surface area contributed by atoms with Gasteiger partial charge in [-0.05, 0) is 56.0 Å². The van der Waals surface area contributed by atoms with Crippen LogP contribution in [-0.2, 0) is 22.4 Å². The summed E-state index contributed by atoms with van der Waals surface area (Å²) in [6, 6.07) is 10.3. The van der Waals surface area contributed by atoms with E-state index in [1.54, 1.807) is 35.0 Å². The number of carboxylic acid groups (broad SMARTS) is 1. The summed E-state index contributed by atoms with van der Waals surface area (Å²) >= 11 is 0. The van der Waals surface area contributed by atoms with Crippen molar-refractivity contribution in [1.82, 2.24) is 5.32 Å². The molecular formula is C24H31NO6. The molecule has 2 aromatic rings. The molecule has 0 saturated carbocycles. The molecule has 1 atom stereocenters. The van der Waals surface area contributed by atoms with E-state index in [0.29, 0.717) is 11.5 Å². The Hall–Kier alpha value is -3.22. The summed E-state index contributed by atoms with van der Waals surface area (Å²) < 4.78 is 16.3. The fourth-order valence-corrected chi connectivity index (χ4v) is 3.15. The SMILES string of the molecule is CCc1cc(OC)c(-c2ccc(C[C@H](NC(=O)OC(C)(C)C)C(=O)O)cc2)c(OC)c1. The lowest BCUT2D eigenvalue weighted by atomic mass is 9.97. The van der Waals surface area contributed by atoms with Gasteiger partial charge in [0.2, 0.25) is 0 Å². The number of alkyl carbamates (subject to hydrolysis) is 1. The molecule has 0 aliphatic heterocycles. The number of nitrogens with one attached hydrogen (secondary N) is 1. The second kappa shape index (κ2) is 10.2. The minimum atomic E-state index is -1.13. The molecule has 2 rings (SSSR count). The summed E-state index contributed by atoms with van der Waals surface area (Å²) in [5.74, 6) is 0.284. The van der Waals surface area contributed by atoms with Gasteiger partial charge in [0.15, 0.2) is 0 Å². The largest absolute Gasteiger partial charge is 0.496 e. The van der Waals surface area contributed by atoms with E-state index in [1.165, 1.54) is 0 Å². The van der Waals surface area contributed by atoms with E-state index in [2.05, 4.69) is 12.2 Å². The van der Waals surface area contributed by atoms with E-state index in [0.717, 1.165) is 28.7 Å². The van der Waals surface area contributed by atoms with E-state index in [-0.39, 0.29) is 6.42 Å². The summed E-state index contributed by atoms with van der Waals surface area (Å²) in [7, 11) is 3.23. The summed E-state index contributed by atoms with van der Waals surface area (Å²) in [5, 5.41) is 11.9. The van der Waals surface area contributed by atoms with E-state index < -0.39 is 23.7 Å².